The van der Waals surface area contributed by atoms with Crippen molar-refractivity contribution >= 4 is 17.7 Å². The monoisotopic (exact) mass is 383 g/mol. The van der Waals surface area contributed by atoms with Crippen LogP contribution in [0.1, 0.15) is 12.5 Å². The quantitative estimate of drug-likeness (QED) is 0.435. The van der Waals surface area contributed by atoms with E-state index in [1.165, 1.54) is 11.8 Å². The molecule has 0 saturated heterocycles. The van der Waals surface area contributed by atoms with Crippen molar-refractivity contribution in [2.75, 3.05) is 12.9 Å². The van der Waals surface area contributed by atoms with E-state index >= 15 is 0 Å². The maximum absolute atomic E-state index is 12.0. The summed E-state index contributed by atoms with van der Waals surface area (Å²) >= 11 is 1.33. The van der Waals surface area contributed by atoms with Crippen molar-refractivity contribution in [3.63, 3.8) is 0 Å². The predicted molar refractivity (Wildman–Crippen MR) is 105 cm³/mol. The van der Waals surface area contributed by atoms with Gasteiger partial charge in [0.05, 0.1) is 12.9 Å². The third-order valence-corrected chi connectivity index (χ3v) is 4.88. The summed E-state index contributed by atoms with van der Waals surface area (Å²) in [6, 6.07) is 17.3. The van der Waals surface area contributed by atoms with Gasteiger partial charge in [0.25, 0.3) is 0 Å². The van der Waals surface area contributed by atoms with E-state index in [1.54, 1.807) is 7.11 Å². The summed E-state index contributed by atoms with van der Waals surface area (Å²) in [6.45, 7) is 3.00. The van der Waals surface area contributed by atoms with Gasteiger partial charge in [0.1, 0.15) is 12.4 Å². The molecule has 3 rings (SSSR count). The summed E-state index contributed by atoms with van der Waals surface area (Å²) < 4.78 is 12.5. The van der Waals surface area contributed by atoms with E-state index in [1.807, 2.05) is 66.1 Å². The fraction of sp³-hybridized carbons (Fsp3) is 0.250. The van der Waals surface area contributed by atoms with Crippen molar-refractivity contribution in [3.05, 3.63) is 60.2 Å². The van der Waals surface area contributed by atoms with Crippen LogP contribution in [0.3, 0.4) is 0 Å². The van der Waals surface area contributed by atoms with Gasteiger partial charge in [-0.05, 0) is 36.8 Å². The van der Waals surface area contributed by atoms with E-state index in [0.717, 1.165) is 22.7 Å². The Hall–Kier alpha value is -2.80. The highest BCUT2D eigenvalue weighted by atomic mass is 32.2. The lowest BCUT2D eigenvalue weighted by Gasteiger charge is -2.08. The van der Waals surface area contributed by atoms with E-state index in [2.05, 4.69) is 10.2 Å². The molecule has 140 valence electrons. The molecule has 0 aliphatic heterocycles. The standard InChI is InChI=1S/C20H21N3O3S/c1-3-23-19(16-9-11-17(25-2)12-10-16)21-22-20(23)27-14-18(24)26-13-15-7-5-4-6-8-15/h4-12H,3,13-14H2,1-2H3. The van der Waals surface area contributed by atoms with E-state index < -0.39 is 0 Å². The number of hydrogen-bond acceptors (Lipinski definition) is 6. The first-order valence-corrected chi connectivity index (χ1v) is 9.59. The maximum atomic E-state index is 12.0. The van der Waals surface area contributed by atoms with E-state index in [9.17, 15) is 4.79 Å². The average molecular weight is 383 g/mol. The molecule has 2 aromatic carbocycles. The molecular formula is C20H21N3O3S. The normalized spacial score (nSPS) is 10.6. The molecule has 0 fully saturated rings. The molecule has 0 aliphatic carbocycles. The highest BCUT2D eigenvalue weighted by Crippen LogP contribution is 2.25. The van der Waals surface area contributed by atoms with Crippen LogP contribution in [0.4, 0.5) is 0 Å². The van der Waals surface area contributed by atoms with Crippen LogP contribution < -0.4 is 4.74 Å². The third kappa shape index (κ3) is 4.89. The first-order valence-electron chi connectivity index (χ1n) is 8.61. The minimum atomic E-state index is -0.277. The molecule has 0 unspecified atom stereocenters. The molecule has 0 saturated carbocycles. The third-order valence-electron chi connectivity index (χ3n) is 3.94. The molecule has 0 amide bonds. The van der Waals surface area contributed by atoms with Crippen molar-refractivity contribution in [1.82, 2.24) is 14.8 Å². The second-order valence-corrected chi connectivity index (χ2v) is 6.66. The van der Waals surface area contributed by atoms with E-state index in [0.29, 0.717) is 11.7 Å². The van der Waals surface area contributed by atoms with Gasteiger partial charge >= 0.3 is 5.97 Å². The van der Waals surface area contributed by atoms with Gasteiger partial charge in [0.2, 0.25) is 0 Å². The topological polar surface area (TPSA) is 66.2 Å². The Balaban J connectivity index is 1.61. The molecule has 0 radical (unpaired) electrons. The number of rotatable bonds is 8. The molecule has 7 heteroatoms. The van der Waals surface area contributed by atoms with Gasteiger partial charge in [-0.15, -0.1) is 10.2 Å². The SMILES string of the molecule is CCn1c(SCC(=O)OCc2ccccc2)nnc1-c1ccc(OC)cc1. The van der Waals surface area contributed by atoms with Gasteiger partial charge < -0.3 is 14.0 Å². The van der Waals surface area contributed by atoms with Crippen LogP contribution in [0.15, 0.2) is 59.8 Å². The minimum Gasteiger partial charge on any atom is -0.497 e. The Labute approximate surface area is 162 Å². The zero-order valence-electron chi connectivity index (χ0n) is 15.3. The Morgan fingerprint density at radius 3 is 2.48 bits per heavy atom. The van der Waals surface area contributed by atoms with Crippen molar-refractivity contribution < 1.29 is 14.3 Å². The number of ether oxygens (including phenoxy) is 2. The van der Waals surface area contributed by atoms with Gasteiger partial charge in [0, 0.05) is 12.1 Å². The molecule has 3 aromatic rings. The summed E-state index contributed by atoms with van der Waals surface area (Å²) in [6.07, 6.45) is 0. The lowest BCUT2D eigenvalue weighted by molar-refractivity contribution is -0.141. The number of esters is 1. The van der Waals surface area contributed by atoms with Crippen molar-refractivity contribution in [1.29, 1.82) is 0 Å². The predicted octanol–water partition coefficient (Wildman–Crippen LogP) is 3.81. The highest BCUT2D eigenvalue weighted by molar-refractivity contribution is 7.99. The van der Waals surface area contributed by atoms with Crippen LogP contribution in [0.25, 0.3) is 11.4 Å². The summed E-state index contributed by atoms with van der Waals surface area (Å²) in [5.41, 5.74) is 1.91. The van der Waals surface area contributed by atoms with Crippen molar-refractivity contribution in [3.8, 4) is 17.1 Å². The van der Waals surface area contributed by atoms with Crippen LogP contribution in [0.2, 0.25) is 0 Å². The Kier molecular flexibility index (Phi) is 6.49. The summed E-state index contributed by atoms with van der Waals surface area (Å²) in [7, 11) is 1.63. The number of nitrogens with zero attached hydrogens (tertiary/aromatic N) is 3. The fourth-order valence-corrected chi connectivity index (χ4v) is 3.34. The number of carbonyl (C=O) groups excluding carboxylic acids is 1. The molecule has 1 aromatic heterocycles. The minimum absolute atomic E-state index is 0.188. The number of hydrogen-bond donors (Lipinski definition) is 0. The molecular weight excluding hydrogens is 362 g/mol. The molecule has 1 heterocycles. The van der Waals surface area contributed by atoms with Crippen LogP contribution in [0, 0.1) is 0 Å². The fourth-order valence-electron chi connectivity index (χ4n) is 2.54. The van der Waals surface area contributed by atoms with Gasteiger partial charge in [-0.1, -0.05) is 42.1 Å². The van der Waals surface area contributed by atoms with Crippen LogP contribution in [0.5, 0.6) is 5.75 Å². The van der Waals surface area contributed by atoms with Gasteiger partial charge in [-0.25, -0.2) is 0 Å². The molecule has 0 atom stereocenters. The van der Waals surface area contributed by atoms with Crippen LogP contribution in [-0.2, 0) is 22.7 Å². The van der Waals surface area contributed by atoms with Gasteiger partial charge in [-0.3, -0.25) is 4.79 Å². The van der Waals surface area contributed by atoms with E-state index in [4.69, 9.17) is 9.47 Å². The number of carbonyl (C=O) groups is 1. The number of benzene rings is 2. The first kappa shape index (κ1) is 19.0. The number of aromatic nitrogens is 3. The second kappa shape index (κ2) is 9.23. The average Bonchev–Trinajstić information content (AvgIpc) is 3.14. The van der Waals surface area contributed by atoms with Crippen molar-refractivity contribution in [2.45, 2.75) is 25.2 Å². The highest BCUT2D eigenvalue weighted by Gasteiger charge is 2.15. The molecule has 0 aliphatic rings. The van der Waals surface area contributed by atoms with Crippen LogP contribution in [-0.4, -0.2) is 33.6 Å². The summed E-state index contributed by atoms with van der Waals surface area (Å²) in [5.74, 6) is 1.46. The lowest BCUT2D eigenvalue weighted by Crippen LogP contribution is -2.08. The molecule has 6 nitrogen and oxygen atoms in total. The maximum Gasteiger partial charge on any atom is 0.316 e. The van der Waals surface area contributed by atoms with E-state index in [-0.39, 0.29) is 18.3 Å². The second-order valence-electron chi connectivity index (χ2n) is 5.71. The molecule has 27 heavy (non-hydrogen) atoms. The molecule has 0 spiro atoms. The Morgan fingerprint density at radius 1 is 1.07 bits per heavy atom. The lowest BCUT2D eigenvalue weighted by atomic mass is 10.2. The largest absolute Gasteiger partial charge is 0.497 e. The molecule has 0 N–H and O–H groups in total. The van der Waals surface area contributed by atoms with Gasteiger partial charge in [0.15, 0.2) is 11.0 Å². The Morgan fingerprint density at radius 2 is 1.81 bits per heavy atom. The van der Waals surface area contributed by atoms with Gasteiger partial charge in [-0.2, -0.15) is 0 Å². The van der Waals surface area contributed by atoms with Crippen LogP contribution >= 0.6 is 11.8 Å². The summed E-state index contributed by atoms with van der Waals surface area (Å²) in [5, 5.41) is 9.21. The molecule has 0 bridgehead atoms. The summed E-state index contributed by atoms with van der Waals surface area (Å²) in [4.78, 5) is 12.0. The zero-order chi connectivity index (χ0) is 19.1. The zero-order valence-corrected chi connectivity index (χ0v) is 16.1. The number of methoxy groups -OCH3 is 1. The smallest absolute Gasteiger partial charge is 0.316 e. The Bertz CT molecular complexity index is 879. The first-order chi connectivity index (χ1) is 13.2. The number of thioether (sulfide) groups is 1. The van der Waals surface area contributed by atoms with Crippen molar-refractivity contribution in [2.24, 2.45) is 0 Å².